The first-order valence-corrected chi connectivity index (χ1v) is 9.65. The molecule has 29 heavy (non-hydrogen) atoms. The molecule has 0 spiro atoms. The topological polar surface area (TPSA) is 71.3 Å². The van der Waals surface area contributed by atoms with E-state index in [1.54, 1.807) is 24.5 Å². The van der Waals surface area contributed by atoms with Crippen LogP contribution in [0.3, 0.4) is 0 Å². The summed E-state index contributed by atoms with van der Waals surface area (Å²) in [4.78, 5) is 22.8. The van der Waals surface area contributed by atoms with Gasteiger partial charge in [-0.1, -0.05) is 19.1 Å². The molecular formula is C22H25FN4O2. The SMILES string of the molecule is CCC(C)N(Cc1ccc(F)cc1)Cc1nc(C(=O)NCc2ccncc2)co1. The lowest BCUT2D eigenvalue weighted by atomic mass is 10.1. The summed E-state index contributed by atoms with van der Waals surface area (Å²) < 4.78 is 18.7. The Bertz CT molecular complexity index is 912. The highest BCUT2D eigenvalue weighted by Gasteiger charge is 2.18. The van der Waals surface area contributed by atoms with E-state index in [0.29, 0.717) is 25.5 Å². The highest BCUT2D eigenvalue weighted by Crippen LogP contribution is 2.16. The summed E-state index contributed by atoms with van der Waals surface area (Å²) in [5, 5.41) is 2.82. The number of carbonyl (C=O) groups excluding carboxylic acids is 1. The summed E-state index contributed by atoms with van der Waals surface area (Å²) in [6.07, 6.45) is 5.69. The summed E-state index contributed by atoms with van der Waals surface area (Å²) in [7, 11) is 0. The monoisotopic (exact) mass is 396 g/mol. The van der Waals surface area contributed by atoms with Gasteiger partial charge < -0.3 is 9.73 Å². The molecule has 0 radical (unpaired) electrons. The molecule has 152 valence electrons. The molecule has 1 N–H and O–H groups in total. The van der Waals surface area contributed by atoms with Gasteiger partial charge >= 0.3 is 0 Å². The quantitative estimate of drug-likeness (QED) is 0.593. The van der Waals surface area contributed by atoms with Crippen molar-refractivity contribution in [1.82, 2.24) is 20.2 Å². The summed E-state index contributed by atoms with van der Waals surface area (Å²) in [6, 6.07) is 10.4. The molecule has 3 rings (SSSR count). The first-order valence-electron chi connectivity index (χ1n) is 9.65. The third kappa shape index (κ3) is 5.96. The Morgan fingerprint density at radius 2 is 1.86 bits per heavy atom. The van der Waals surface area contributed by atoms with E-state index in [0.717, 1.165) is 17.5 Å². The molecule has 1 amide bonds. The number of aromatic nitrogens is 2. The number of halogens is 1. The minimum Gasteiger partial charge on any atom is -0.447 e. The molecule has 0 bridgehead atoms. The second-order valence-electron chi connectivity index (χ2n) is 6.95. The fourth-order valence-corrected chi connectivity index (χ4v) is 2.89. The first-order chi connectivity index (χ1) is 14.0. The van der Waals surface area contributed by atoms with Gasteiger partial charge in [-0.15, -0.1) is 0 Å². The molecule has 0 saturated carbocycles. The Morgan fingerprint density at radius 1 is 1.14 bits per heavy atom. The van der Waals surface area contributed by atoms with Crippen LogP contribution in [0, 0.1) is 5.82 Å². The molecular weight excluding hydrogens is 371 g/mol. The molecule has 1 unspecified atom stereocenters. The van der Waals surface area contributed by atoms with Crippen molar-refractivity contribution in [2.24, 2.45) is 0 Å². The fraction of sp³-hybridized carbons (Fsp3) is 0.318. The zero-order chi connectivity index (χ0) is 20.6. The zero-order valence-corrected chi connectivity index (χ0v) is 16.6. The number of oxazole rings is 1. The van der Waals surface area contributed by atoms with Crippen LogP contribution < -0.4 is 5.32 Å². The van der Waals surface area contributed by atoms with Gasteiger partial charge in [0.1, 0.15) is 12.1 Å². The van der Waals surface area contributed by atoms with E-state index in [4.69, 9.17) is 4.42 Å². The number of rotatable bonds is 9. The lowest BCUT2D eigenvalue weighted by Crippen LogP contribution is -2.31. The third-order valence-electron chi connectivity index (χ3n) is 4.84. The van der Waals surface area contributed by atoms with Crippen LogP contribution in [0.2, 0.25) is 0 Å². The predicted molar refractivity (Wildman–Crippen MR) is 107 cm³/mol. The summed E-state index contributed by atoms with van der Waals surface area (Å²) >= 11 is 0. The average Bonchev–Trinajstić information content (AvgIpc) is 3.22. The first kappa shape index (κ1) is 20.7. The molecule has 0 aliphatic rings. The van der Waals surface area contributed by atoms with Crippen molar-refractivity contribution >= 4 is 5.91 Å². The van der Waals surface area contributed by atoms with Gasteiger partial charge in [0, 0.05) is 31.5 Å². The molecule has 0 aliphatic carbocycles. The van der Waals surface area contributed by atoms with Crippen LogP contribution in [0.4, 0.5) is 4.39 Å². The predicted octanol–water partition coefficient (Wildman–Crippen LogP) is 3.94. The van der Waals surface area contributed by atoms with Crippen molar-refractivity contribution in [3.8, 4) is 0 Å². The maximum atomic E-state index is 13.2. The Balaban J connectivity index is 1.62. The number of carbonyl (C=O) groups is 1. The van der Waals surface area contributed by atoms with Gasteiger partial charge in [-0.05, 0) is 48.7 Å². The van der Waals surface area contributed by atoms with Crippen molar-refractivity contribution in [3.05, 3.63) is 83.6 Å². The number of amides is 1. The maximum absolute atomic E-state index is 13.2. The van der Waals surface area contributed by atoms with Crippen LogP contribution in [0.25, 0.3) is 0 Å². The highest BCUT2D eigenvalue weighted by molar-refractivity contribution is 5.91. The van der Waals surface area contributed by atoms with E-state index in [-0.39, 0.29) is 23.5 Å². The minimum atomic E-state index is -0.287. The minimum absolute atomic E-state index is 0.250. The van der Waals surface area contributed by atoms with Crippen LogP contribution in [0.5, 0.6) is 0 Å². The molecule has 6 nitrogen and oxygen atoms in total. The Morgan fingerprint density at radius 3 is 2.55 bits per heavy atom. The van der Waals surface area contributed by atoms with E-state index in [1.807, 2.05) is 12.1 Å². The van der Waals surface area contributed by atoms with Crippen LogP contribution >= 0.6 is 0 Å². The molecule has 0 saturated heterocycles. The number of pyridine rings is 1. The molecule has 2 heterocycles. The van der Waals surface area contributed by atoms with Gasteiger partial charge in [0.2, 0.25) is 5.89 Å². The van der Waals surface area contributed by atoms with Crippen molar-refractivity contribution < 1.29 is 13.6 Å². The number of hydrogen-bond acceptors (Lipinski definition) is 5. The van der Waals surface area contributed by atoms with E-state index >= 15 is 0 Å². The van der Waals surface area contributed by atoms with Crippen molar-refractivity contribution in [1.29, 1.82) is 0 Å². The van der Waals surface area contributed by atoms with E-state index in [1.165, 1.54) is 18.4 Å². The number of benzene rings is 1. The van der Waals surface area contributed by atoms with Gasteiger partial charge in [-0.3, -0.25) is 14.7 Å². The molecule has 0 aliphatic heterocycles. The lowest BCUT2D eigenvalue weighted by Gasteiger charge is -2.27. The molecule has 1 aromatic carbocycles. The Hall–Kier alpha value is -3.06. The summed E-state index contributed by atoms with van der Waals surface area (Å²) in [5.74, 6) is -0.0640. The molecule has 2 aromatic heterocycles. The maximum Gasteiger partial charge on any atom is 0.273 e. The fourth-order valence-electron chi connectivity index (χ4n) is 2.89. The Labute approximate surface area is 169 Å². The van der Waals surface area contributed by atoms with Crippen molar-refractivity contribution in [2.75, 3.05) is 0 Å². The van der Waals surface area contributed by atoms with Crippen LogP contribution in [-0.2, 0) is 19.6 Å². The Kier molecular flexibility index (Phi) is 7.08. The van der Waals surface area contributed by atoms with Crippen molar-refractivity contribution in [2.45, 2.75) is 45.9 Å². The van der Waals surface area contributed by atoms with Crippen LogP contribution in [-0.4, -0.2) is 26.8 Å². The van der Waals surface area contributed by atoms with Crippen molar-refractivity contribution in [3.63, 3.8) is 0 Å². The number of nitrogens with one attached hydrogen (secondary N) is 1. The third-order valence-corrected chi connectivity index (χ3v) is 4.84. The largest absolute Gasteiger partial charge is 0.447 e. The average molecular weight is 396 g/mol. The van der Waals surface area contributed by atoms with Gasteiger partial charge in [-0.2, -0.15) is 0 Å². The van der Waals surface area contributed by atoms with Crippen LogP contribution in [0.15, 0.2) is 59.5 Å². The van der Waals surface area contributed by atoms with E-state index in [2.05, 4.69) is 34.0 Å². The normalized spacial score (nSPS) is 12.1. The van der Waals surface area contributed by atoms with Gasteiger partial charge in [-0.25, -0.2) is 9.37 Å². The molecule has 7 heteroatoms. The van der Waals surface area contributed by atoms with Gasteiger partial charge in [0.15, 0.2) is 5.69 Å². The zero-order valence-electron chi connectivity index (χ0n) is 16.6. The standard InChI is InChI=1S/C22H25FN4O2/c1-3-16(2)27(13-18-4-6-19(23)7-5-18)14-21-26-20(15-29-21)22(28)25-12-17-8-10-24-11-9-17/h4-11,15-16H,3,12-14H2,1-2H3,(H,25,28). The van der Waals surface area contributed by atoms with E-state index < -0.39 is 0 Å². The molecule has 0 fully saturated rings. The second kappa shape index (κ2) is 9.93. The second-order valence-corrected chi connectivity index (χ2v) is 6.95. The number of nitrogens with zero attached hydrogens (tertiary/aromatic N) is 3. The summed E-state index contributed by atoms with van der Waals surface area (Å²) in [5.41, 5.74) is 2.22. The van der Waals surface area contributed by atoms with Gasteiger partial charge in [0.05, 0.1) is 6.54 Å². The lowest BCUT2D eigenvalue weighted by molar-refractivity contribution is 0.0945. The van der Waals surface area contributed by atoms with Crippen LogP contribution in [0.1, 0.15) is 47.8 Å². The van der Waals surface area contributed by atoms with Gasteiger partial charge in [0.25, 0.3) is 5.91 Å². The number of hydrogen-bond donors (Lipinski definition) is 1. The smallest absolute Gasteiger partial charge is 0.273 e. The van der Waals surface area contributed by atoms with E-state index in [9.17, 15) is 9.18 Å². The summed E-state index contributed by atoms with van der Waals surface area (Å²) in [6.45, 7) is 5.73. The molecule has 3 aromatic rings. The highest BCUT2D eigenvalue weighted by atomic mass is 19.1. The molecule has 1 atom stereocenters.